The van der Waals surface area contributed by atoms with Gasteiger partial charge >= 0.3 is 0 Å². The van der Waals surface area contributed by atoms with Gasteiger partial charge in [-0.25, -0.2) is 17.7 Å². The Balaban J connectivity index is 1.75. The number of oxazole rings is 1. The molecule has 9 heteroatoms. The van der Waals surface area contributed by atoms with Gasteiger partial charge in [-0.15, -0.1) is 0 Å². The highest BCUT2D eigenvalue weighted by Gasteiger charge is 2.17. The molecule has 0 fully saturated rings. The van der Waals surface area contributed by atoms with Crippen molar-refractivity contribution in [3.05, 3.63) is 48.4 Å². The van der Waals surface area contributed by atoms with Gasteiger partial charge in [0.15, 0.2) is 16.6 Å². The topological polar surface area (TPSA) is 87.5 Å². The third kappa shape index (κ3) is 3.85. The summed E-state index contributed by atoms with van der Waals surface area (Å²) in [5.74, 6) is 0.594. The van der Waals surface area contributed by atoms with E-state index >= 15 is 0 Å². The first-order chi connectivity index (χ1) is 12.3. The highest BCUT2D eigenvalue weighted by atomic mass is 32.2. The van der Waals surface area contributed by atoms with Gasteiger partial charge in [0.25, 0.3) is 0 Å². The Morgan fingerprint density at radius 3 is 2.50 bits per heavy atom. The number of nitrogens with one attached hydrogen (secondary N) is 2. The maximum Gasteiger partial charge on any atom is 0.242 e. The van der Waals surface area contributed by atoms with E-state index in [-0.39, 0.29) is 4.90 Å². The second-order valence-electron chi connectivity index (χ2n) is 5.81. The second-order valence-corrected chi connectivity index (χ2v) is 8.37. The van der Waals surface area contributed by atoms with E-state index in [0.29, 0.717) is 22.3 Å². The molecule has 1 aromatic heterocycles. The number of hydrogen-bond donors (Lipinski definition) is 2. The van der Waals surface area contributed by atoms with Crippen LogP contribution in [0.1, 0.15) is 5.89 Å². The molecule has 0 amide bonds. The molecule has 0 atom stereocenters. The van der Waals surface area contributed by atoms with Crippen molar-refractivity contribution in [3.63, 3.8) is 0 Å². The maximum absolute atomic E-state index is 12.2. The Morgan fingerprint density at radius 1 is 1.12 bits per heavy atom. The van der Waals surface area contributed by atoms with E-state index in [1.807, 2.05) is 18.2 Å². The Morgan fingerprint density at radius 2 is 1.81 bits per heavy atom. The summed E-state index contributed by atoms with van der Waals surface area (Å²) in [5, 5.41) is 6.38. The van der Waals surface area contributed by atoms with Gasteiger partial charge in [0.2, 0.25) is 10.0 Å². The van der Waals surface area contributed by atoms with Crippen LogP contribution in [0.3, 0.4) is 0 Å². The summed E-state index contributed by atoms with van der Waals surface area (Å²) in [5.41, 5.74) is 2.76. The molecule has 2 N–H and O–H groups in total. The summed E-state index contributed by atoms with van der Waals surface area (Å²) in [6, 6.07) is 11.9. The smallest absolute Gasteiger partial charge is 0.242 e. The maximum atomic E-state index is 12.2. The van der Waals surface area contributed by atoms with E-state index in [1.165, 1.54) is 26.2 Å². The van der Waals surface area contributed by atoms with Gasteiger partial charge in [-0.2, -0.15) is 0 Å². The zero-order valence-corrected chi connectivity index (χ0v) is 16.1. The van der Waals surface area contributed by atoms with Crippen molar-refractivity contribution in [2.75, 3.05) is 24.7 Å². The lowest BCUT2D eigenvalue weighted by molar-refractivity contribution is 0.521. The molecule has 0 aliphatic rings. The molecular weight excluding hydrogens is 372 g/mol. The second kappa shape index (κ2) is 7.02. The molecule has 0 aliphatic heterocycles. The monoisotopic (exact) mass is 390 g/mol. The fraction of sp³-hybridized carbons (Fsp3) is 0.176. The van der Waals surface area contributed by atoms with Crippen LogP contribution in [0.5, 0.6) is 0 Å². The predicted molar refractivity (Wildman–Crippen MR) is 106 cm³/mol. The normalized spacial score (nSPS) is 11.7. The molecule has 0 saturated heterocycles. The number of thiocarbonyl (C=S) groups is 1. The van der Waals surface area contributed by atoms with Gasteiger partial charge in [-0.3, -0.25) is 0 Å². The number of rotatable bonds is 4. The van der Waals surface area contributed by atoms with E-state index < -0.39 is 10.0 Å². The first kappa shape index (κ1) is 18.3. The quantitative estimate of drug-likeness (QED) is 0.662. The molecule has 0 radical (unpaired) electrons. The van der Waals surface area contributed by atoms with Crippen LogP contribution in [-0.4, -0.2) is 36.9 Å². The van der Waals surface area contributed by atoms with Crippen molar-refractivity contribution in [3.8, 4) is 0 Å². The van der Waals surface area contributed by atoms with Crippen molar-refractivity contribution >= 4 is 49.8 Å². The number of aryl methyl sites for hydroxylation is 1. The van der Waals surface area contributed by atoms with Crippen molar-refractivity contribution in [2.45, 2.75) is 11.8 Å². The number of fused-ring (bicyclic) bond motifs is 1. The average molecular weight is 390 g/mol. The summed E-state index contributed by atoms with van der Waals surface area (Å²) in [6.07, 6.45) is 0. The number of benzene rings is 2. The van der Waals surface area contributed by atoms with Crippen molar-refractivity contribution in [1.29, 1.82) is 0 Å². The van der Waals surface area contributed by atoms with Crippen molar-refractivity contribution in [1.82, 2.24) is 9.29 Å². The minimum absolute atomic E-state index is 0.190. The molecule has 26 heavy (non-hydrogen) atoms. The average Bonchev–Trinajstić information content (AvgIpc) is 2.94. The Kier molecular flexibility index (Phi) is 4.94. The molecule has 136 valence electrons. The molecule has 0 saturated carbocycles. The van der Waals surface area contributed by atoms with Gasteiger partial charge < -0.3 is 15.1 Å². The summed E-state index contributed by atoms with van der Waals surface area (Å²) >= 11 is 5.31. The van der Waals surface area contributed by atoms with Crippen LogP contribution in [0.15, 0.2) is 51.8 Å². The van der Waals surface area contributed by atoms with Crippen molar-refractivity contribution in [2.24, 2.45) is 0 Å². The molecule has 2 aromatic carbocycles. The molecule has 0 spiro atoms. The highest BCUT2D eigenvalue weighted by molar-refractivity contribution is 7.89. The van der Waals surface area contributed by atoms with E-state index in [1.54, 1.807) is 19.1 Å². The Labute approximate surface area is 157 Å². The number of sulfonamides is 1. The van der Waals surface area contributed by atoms with E-state index in [0.717, 1.165) is 15.5 Å². The fourth-order valence-electron chi connectivity index (χ4n) is 2.36. The molecule has 0 unspecified atom stereocenters. The van der Waals surface area contributed by atoms with Crippen LogP contribution in [0, 0.1) is 6.92 Å². The van der Waals surface area contributed by atoms with Crippen molar-refractivity contribution < 1.29 is 12.8 Å². The zero-order chi connectivity index (χ0) is 18.9. The Hall–Kier alpha value is -2.49. The van der Waals surface area contributed by atoms with Crippen LogP contribution in [0.25, 0.3) is 11.1 Å². The van der Waals surface area contributed by atoms with Gasteiger partial charge in [-0.05, 0) is 48.6 Å². The van der Waals surface area contributed by atoms with Gasteiger partial charge in [0.1, 0.15) is 5.52 Å². The molecule has 3 aromatic rings. The van der Waals surface area contributed by atoms with Crippen LogP contribution in [-0.2, 0) is 10.0 Å². The molecular formula is C17H18N4O3S2. The number of hydrogen-bond acceptors (Lipinski definition) is 5. The summed E-state index contributed by atoms with van der Waals surface area (Å²) in [6.45, 7) is 1.79. The minimum atomic E-state index is -3.51. The highest BCUT2D eigenvalue weighted by Crippen LogP contribution is 2.21. The van der Waals surface area contributed by atoms with Crippen LogP contribution >= 0.6 is 12.2 Å². The summed E-state index contributed by atoms with van der Waals surface area (Å²) in [7, 11) is -0.526. The van der Waals surface area contributed by atoms with E-state index in [4.69, 9.17) is 16.6 Å². The SMILES string of the molecule is Cc1nc2cc(NC(=S)Nc3cccc(S(=O)(=O)N(C)C)c3)ccc2o1. The fourth-order valence-corrected chi connectivity index (χ4v) is 3.54. The van der Waals surface area contributed by atoms with Crippen LogP contribution < -0.4 is 10.6 Å². The van der Waals surface area contributed by atoms with Gasteiger partial charge in [0, 0.05) is 32.4 Å². The minimum Gasteiger partial charge on any atom is -0.441 e. The first-order valence-corrected chi connectivity index (χ1v) is 9.58. The van der Waals surface area contributed by atoms with E-state index in [9.17, 15) is 8.42 Å². The Bertz CT molecular complexity index is 1070. The lowest BCUT2D eigenvalue weighted by Gasteiger charge is -2.14. The van der Waals surface area contributed by atoms with Gasteiger partial charge in [0.05, 0.1) is 4.90 Å². The predicted octanol–water partition coefficient (Wildman–Crippen LogP) is 3.20. The summed E-state index contributed by atoms with van der Waals surface area (Å²) < 4.78 is 31.0. The largest absolute Gasteiger partial charge is 0.441 e. The van der Waals surface area contributed by atoms with Crippen LogP contribution in [0.4, 0.5) is 11.4 Å². The van der Waals surface area contributed by atoms with Gasteiger partial charge in [-0.1, -0.05) is 6.07 Å². The lowest BCUT2D eigenvalue weighted by atomic mass is 10.3. The van der Waals surface area contributed by atoms with Crippen LogP contribution in [0.2, 0.25) is 0 Å². The third-order valence-corrected chi connectivity index (χ3v) is 5.64. The third-order valence-electron chi connectivity index (χ3n) is 3.62. The molecule has 1 heterocycles. The molecule has 0 bridgehead atoms. The molecule has 7 nitrogen and oxygen atoms in total. The number of nitrogens with zero attached hydrogens (tertiary/aromatic N) is 2. The molecule has 3 rings (SSSR count). The zero-order valence-electron chi connectivity index (χ0n) is 14.5. The summed E-state index contributed by atoms with van der Waals surface area (Å²) in [4.78, 5) is 4.47. The molecule has 0 aliphatic carbocycles. The standard InChI is InChI=1S/C17H18N4O3S2/c1-11-18-15-10-13(7-8-16(15)24-11)20-17(25)19-12-5-4-6-14(9-12)26(22,23)21(2)3/h4-10H,1-3H3,(H2,19,20,25). The number of aromatic nitrogens is 1. The number of anilines is 2. The lowest BCUT2D eigenvalue weighted by Crippen LogP contribution is -2.23. The van der Waals surface area contributed by atoms with E-state index in [2.05, 4.69) is 15.6 Å². The first-order valence-electron chi connectivity index (χ1n) is 7.73.